The zero-order chi connectivity index (χ0) is 12.4. The van der Waals surface area contributed by atoms with Crippen LogP contribution in [0.5, 0.6) is 0 Å². The van der Waals surface area contributed by atoms with E-state index >= 15 is 0 Å². The first-order chi connectivity index (χ1) is 8.09. The molecule has 0 unspecified atom stereocenters. The minimum atomic E-state index is 1.07. The molecule has 17 heavy (non-hydrogen) atoms. The summed E-state index contributed by atoms with van der Waals surface area (Å²) in [5, 5.41) is 0. The Morgan fingerprint density at radius 2 is 1.88 bits per heavy atom. The molecule has 0 aliphatic rings. The van der Waals surface area contributed by atoms with E-state index in [1.807, 2.05) is 19.2 Å². The SMILES string of the molecule is C=C(C)c1ccc(-c2ncccc2C)c(C)c1. The summed E-state index contributed by atoms with van der Waals surface area (Å²) in [6.07, 6.45) is 1.84. The van der Waals surface area contributed by atoms with Gasteiger partial charge in [-0.15, -0.1) is 0 Å². The highest BCUT2D eigenvalue weighted by Crippen LogP contribution is 2.26. The Hall–Kier alpha value is -1.89. The molecule has 1 nitrogen and oxygen atoms in total. The number of hydrogen-bond acceptors (Lipinski definition) is 1. The lowest BCUT2D eigenvalue weighted by atomic mass is 9.97. The van der Waals surface area contributed by atoms with E-state index in [4.69, 9.17) is 0 Å². The maximum Gasteiger partial charge on any atom is 0.0733 e. The lowest BCUT2D eigenvalue weighted by molar-refractivity contribution is 1.25. The van der Waals surface area contributed by atoms with Gasteiger partial charge in [-0.2, -0.15) is 0 Å². The van der Waals surface area contributed by atoms with Gasteiger partial charge < -0.3 is 0 Å². The summed E-state index contributed by atoms with van der Waals surface area (Å²) in [4.78, 5) is 4.46. The molecule has 0 aliphatic heterocycles. The number of rotatable bonds is 2. The van der Waals surface area contributed by atoms with E-state index in [-0.39, 0.29) is 0 Å². The number of nitrogens with zero attached hydrogens (tertiary/aromatic N) is 1. The third-order valence-corrected chi connectivity index (χ3v) is 2.98. The summed E-state index contributed by atoms with van der Waals surface area (Å²) in [6.45, 7) is 10.2. The maximum atomic E-state index is 4.46. The summed E-state index contributed by atoms with van der Waals surface area (Å²) >= 11 is 0. The van der Waals surface area contributed by atoms with Gasteiger partial charge >= 0.3 is 0 Å². The molecule has 0 amide bonds. The second-order valence-corrected chi connectivity index (χ2v) is 4.48. The van der Waals surface area contributed by atoms with Crippen LogP contribution >= 0.6 is 0 Å². The summed E-state index contributed by atoms with van der Waals surface area (Å²) in [5.74, 6) is 0. The van der Waals surface area contributed by atoms with Gasteiger partial charge in [-0.3, -0.25) is 4.98 Å². The molecule has 0 atom stereocenters. The van der Waals surface area contributed by atoms with Crippen LogP contribution in [0.2, 0.25) is 0 Å². The fraction of sp³-hybridized carbons (Fsp3) is 0.188. The molecule has 86 valence electrons. The second-order valence-electron chi connectivity index (χ2n) is 4.48. The van der Waals surface area contributed by atoms with Gasteiger partial charge in [-0.25, -0.2) is 0 Å². The third kappa shape index (κ3) is 2.28. The van der Waals surface area contributed by atoms with E-state index < -0.39 is 0 Å². The van der Waals surface area contributed by atoms with Crippen LogP contribution in [0.3, 0.4) is 0 Å². The van der Waals surface area contributed by atoms with Gasteiger partial charge in [-0.05, 0) is 43.5 Å². The van der Waals surface area contributed by atoms with Crippen molar-refractivity contribution in [1.29, 1.82) is 0 Å². The smallest absolute Gasteiger partial charge is 0.0733 e. The Labute approximate surface area is 103 Å². The number of hydrogen-bond donors (Lipinski definition) is 0. The second kappa shape index (κ2) is 4.54. The average molecular weight is 223 g/mol. The van der Waals surface area contributed by atoms with E-state index in [2.05, 4.69) is 49.7 Å². The van der Waals surface area contributed by atoms with Crippen LogP contribution in [0, 0.1) is 13.8 Å². The van der Waals surface area contributed by atoms with E-state index in [0.717, 1.165) is 11.3 Å². The van der Waals surface area contributed by atoms with Crippen molar-refractivity contribution in [3.63, 3.8) is 0 Å². The predicted molar refractivity (Wildman–Crippen MR) is 73.9 cm³/mol. The molecule has 0 saturated carbocycles. The highest BCUT2D eigenvalue weighted by molar-refractivity contribution is 5.71. The molecule has 1 heteroatoms. The molecular weight excluding hydrogens is 206 g/mol. The Bertz CT molecular complexity index is 567. The normalized spacial score (nSPS) is 10.3. The van der Waals surface area contributed by atoms with E-state index in [1.165, 1.54) is 22.3 Å². The molecule has 0 fully saturated rings. The third-order valence-electron chi connectivity index (χ3n) is 2.98. The van der Waals surface area contributed by atoms with Crippen LogP contribution < -0.4 is 0 Å². The molecule has 2 rings (SSSR count). The Kier molecular flexibility index (Phi) is 3.10. The van der Waals surface area contributed by atoms with Gasteiger partial charge in [0.1, 0.15) is 0 Å². The Morgan fingerprint density at radius 1 is 1.12 bits per heavy atom. The van der Waals surface area contributed by atoms with Crippen molar-refractivity contribution in [2.45, 2.75) is 20.8 Å². The van der Waals surface area contributed by atoms with Crippen LogP contribution in [0.1, 0.15) is 23.6 Å². The first-order valence-corrected chi connectivity index (χ1v) is 5.78. The fourth-order valence-corrected chi connectivity index (χ4v) is 1.96. The fourth-order valence-electron chi connectivity index (χ4n) is 1.96. The zero-order valence-electron chi connectivity index (χ0n) is 10.6. The van der Waals surface area contributed by atoms with Crippen molar-refractivity contribution >= 4 is 5.57 Å². The number of aryl methyl sites for hydroxylation is 2. The first kappa shape index (κ1) is 11.6. The van der Waals surface area contributed by atoms with Crippen LogP contribution in [0.4, 0.5) is 0 Å². The Morgan fingerprint density at radius 3 is 2.47 bits per heavy atom. The first-order valence-electron chi connectivity index (χ1n) is 5.78. The van der Waals surface area contributed by atoms with Crippen molar-refractivity contribution in [2.24, 2.45) is 0 Å². The molecule has 0 aliphatic carbocycles. The molecule has 2 aromatic rings. The number of aromatic nitrogens is 1. The molecule has 1 aromatic carbocycles. The lowest BCUT2D eigenvalue weighted by Crippen LogP contribution is -1.91. The Balaban J connectivity index is 2.55. The highest BCUT2D eigenvalue weighted by atomic mass is 14.7. The predicted octanol–water partition coefficient (Wildman–Crippen LogP) is 4.40. The minimum absolute atomic E-state index is 1.07. The monoisotopic (exact) mass is 223 g/mol. The van der Waals surface area contributed by atoms with Gasteiger partial charge in [0, 0.05) is 11.8 Å². The number of pyridine rings is 1. The van der Waals surface area contributed by atoms with Gasteiger partial charge in [0.25, 0.3) is 0 Å². The number of allylic oxidation sites excluding steroid dienone is 1. The minimum Gasteiger partial charge on any atom is -0.256 e. The van der Waals surface area contributed by atoms with Crippen molar-refractivity contribution in [2.75, 3.05) is 0 Å². The summed E-state index contributed by atoms with van der Waals surface area (Å²) in [6, 6.07) is 10.5. The molecular formula is C16H17N. The summed E-state index contributed by atoms with van der Waals surface area (Å²) in [7, 11) is 0. The molecule has 0 bridgehead atoms. The van der Waals surface area contributed by atoms with Crippen LogP contribution in [0.15, 0.2) is 43.1 Å². The van der Waals surface area contributed by atoms with E-state index in [1.54, 1.807) is 0 Å². The topological polar surface area (TPSA) is 12.9 Å². The molecule has 0 saturated heterocycles. The van der Waals surface area contributed by atoms with Gasteiger partial charge in [-0.1, -0.05) is 36.4 Å². The molecule has 1 aromatic heterocycles. The van der Waals surface area contributed by atoms with Gasteiger partial charge in [0.15, 0.2) is 0 Å². The highest BCUT2D eigenvalue weighted by Gasteiger charge is 2.06. The molecule has 0 radical (unpaired) electrons. The molecule has 1 heterocycles. The van der Waals surface area contributed by atoms with Crippen molar-refractivity contribution < 1.29 is 0 Å². The number of benzene rings is 1. The average Bonchev–Trinajstić information content (AvgIpc) is 2.30. The van der Waals surface area contributed by atoms with E-state index in [9.17, 15) is 0 Å². The van der Waals surface area contributed by atoms with Gasteiger partial charge in [0.2, 0.25) is 0 Å². The van der Waals surface area contributed by atoms with Crippen molar-refractivity contribution in [3.05, 3.63) is 59.8 Å². The van der Waals surface area contributed by atoms with Crippen molar-refractivity contribution in [3.8, 4) is 11.3 Å². The quantitative estimate of drug-likeness (QED) is 0.735. The van der Waals surface area contributed by atoms with Crippen LogP contribution in [-0.4, -0.2) is 4.98 Å². The molecule has 0 spiro atoms. The maximum absolute atomic E-state index is 4.46. The van der Waals surface area contributed by atoms with E-state index in [0.29, 0.717) is 0 Å². The lowest BCUT2D eigenvalue weighted by Gasteiger charge is -2.10. The molecule has 0 N–H and O–H groups in total. The standard InChI is InChI=1S/C16H17N/c1-11(2)14-7-8-15(13(4)10-14)16-12(3)6-5-9-17-16/h5-10H,1H2,2-4H3. The van der Waals surface area contributed by atoms with Crippen LogP contribution in [0.25, 0.3) is 16.8 Å². The van der Waals surface area contributed by atoms with Crippen LogP contribution in [-0.2, 0) is 0 Å². The zero-order valence-corrected chi connectivity index (χ0v) is 10.6. The van der Waals surface area contributed by atoms with Crippen molar-refractivity contribution in [1.82, 2.24) is 4.98 Å². The summed E-state index contributed by atoms with van der Waals surface area (Å²) < 4.78 is 0. The van der Waals surface area contributed by atoms with Gasteiger partial charge in [0.05, 0.1) is 5.69 Å². The summed E-state index contributed by atoms with van der Waals surface area (Å²) in [5.41, 5.74) is 7.01. The largest absolute Gasteiger partial charge is 0.256 e.